The van der Waals surface area contributed by atoms with Gasteiger partial charge in [-0.2, -0.15) is 0 Å². The van der Waals surface area contributed by atoms with E-state index in [9.17, 15) is 4.57 Å². The molecule has 1 unspecified atom stereocenters. The molecule has 0 fully saturated rings. The Hall–Kier alpha value is -0.150. The summed E-state index contributed by atoms with van der Waals surface area (Å²) in [6, 6.07) is 7.04. The lowest BCUT2D eigenvalue weighted by atomic mass is 10.2. The van der Waals surface area contributed by atoms with Gasteiger partial charge in [0.1, 0.15) is 4.57 Å². The molecule has 0 saturated heterocycles. The van der Waals surface area contributed by atoms with Crippen LogP contribution in [-0.4, -0.2) is 9.79 Å². The molecule has 0 radical (unpaired) electrons. The average molecular weight is 265 g/mol. The Bertz CT molecular complexity index is 330. The van der Waals surface area contributed by atoms with Gasteiger partial charge < -0.3 is 9.79 Å². The SMILES string of the molecule is Cc1ccc(C(Br)P(=O)(O)O)cc1. The summed E-state index contributed by atoms with van der Waals surface area (Å²) >= 11 is 2.97. The second-order valence-corrected chi connectivity index (χ2v) is 6.15. The molecule has 0 aliphatic rings. The van der Waals surface area contributed by atoms with Crippen LogP contribution in [0.3, 0.4) is 0 Å². The molecule has 2 N–H and O–H groups in total. The molecule has 0 saturated carbocycles. The molecule has 0 aliphatic carbocycles. The van der Waals surface area contributed by atoms with Crippen LogP contribution < -0.4 is 0 Å². The highest BCUT2D eigenvalue weighted by molar-refractivity contribution is 9.10. The summed E-state index contributed by atoms with van der Waals surface area (Å²) in [6.45, 7) is 1.92. The van der Waals surface area contributed by atoms with Crippen LogP contribution >= 0.6 is 23.5 Å². The highest BCUT2D eigenvalue weighted by Gasteiger charge is 2.27. The summed E-state index contributed by atoms with van der Waals surface area (Å²) in [5, 5.41) is 0. The molecule has 1 rings (SSSR count). The van der Waals surface area contributed by atoms with Crippen LogP contribution in [-0.2, 0) is 4.57 Å². The van der Waals surface area contributed by atoms with Gasteiger partial charge in [-0.15, -0.1) is 0 Å². The van der Waals surface area contributed by atoms with E-state index in [0.29, 0.717) is 5.56 Å². The van der Waals surface area contributed by atoms with E-state index in [1.54, 1.807) is 12.1 Å². The molecule has 1 aromatic carbocycles. The lowest BCUT2D eigenvalue weighted by Crippen LogP contribution is -1.91. The monoisotopic (exact) mass is 264 g/mol. The number of alkyl halides is 1. The van der Waals surface area contributed by atoms with E-state index in [1.165, 1.54) is 0 Å². The highest BCUT2D eigenvalue weighted by Crippen LogP contribution is 2.55. The first-order chi connectivity index (χ1) is 5.91. The third kappa shape index (κ3) is 2.92. The van der Waals surface area contributed by atoms with E-state index >= 15 is 0 Å². The Kier molecular flexibility index (Phi) is 3.30. The Balaban J connectivity index is 2.97. The second kappa shape index (κ2) is 3.93. The summed E-state index contributed by atoms with van der Waals surface area (Å²) < 4.78 is 9.96. The van der Waals surface area contributed by atoms with E-state index in [4.69, 9.17) is 9.79 Å². The molecule has 72 valence electrons. The van der Waals surface area contributed by atoms with Gasteiger partial charge in [0.2, 0.25) is 0 Å². The van der Waals surface area contributed by atoms with Gasteiger partial charge in [0.05, 0.1) is 0 Å². The third-order valence-corrected chi connectivity index (χ3v) is 4.67. The lowest BCUT2D eigenvalue weighted by Gasteiger charge is -2.11. The predicted molar refractivity (Wildman–Crippen MR) is 54.9 cm³/mol. The van der Waals surface area contributed by atoms with Crippen molar-refractivity contribution in [1.29, 1.82) is 0 Å². The first kappa shape index (κ1) is 10.9. The van der Waals surface area contributed by atoms with Gasteiger partial charge >= 0.3 is 7.60 Å². The maximum atomic E-state index is 10.9. The van der Waals surface area contributed by atoms with Gasteiger partial charge in [-0.3, -0.25) is 4.57 Å². The number of rotatable bonds is 2. The van der Waals surface area contributed by atoms with Gasteiger partial charge in [0.25, 0.3) is 0 Å². The molecular weight excluding hydrogens is 255 g/mol. The van der Waals surface area contributed by atoms with Crippen LogP contribution in [0.5, 0.6) is 0 Å². The number of benzene rings is 1. The number of hydrogen-bond donors (Lipinski definition) is 2. The van der Waals surface area contributed by atoms with E-state index in [1.807, 2.05) is 19.1 Å². The van der Waals surface area contributed by atoms with Crippen molar-refractivity contribution in [3.05, 3.63) is 35.4 Å². The van der Waals surface area contributed by atoms with Gasteiger partial charge in [-0.05, 0) is 12.5 Å². The quantitative estimate of drug-likeness (QED) is 0.638. The summed E-state index contributed by atoms with van der Waals surface area (Å²) in [6.07, 6.45) is 0. The maximum Gasteiger partial charge on any atom is 0.343 e. The molecule has 0 aliphatic heterocycles. The van der Waals surface area contributed by atoms with Crippen LogP contribution in [0.4, 0.5) is 0 Å². The topological polar surface area (TPSA) is 57.5 Å². The fraction of sp³-hybridized carbons (Fsp3) is 0.250. The number of hydrogen-bond acceptors (Lipinski definition) is 1. The van der Waals surface area contributed by atoms with Crippen molar-refractivity contribution in [2.24, 2.45) is 0 Å². The van der Waals surface area contributed by atoms with Crippen LogP contribution in [0.25, 0.3) is 0 Å². The van der Waals surface area contributed by atoms with Crippen molar-refractivity contribution in [3.8, 4) is 0 Å². The lowest BCUT2D eigenvalue weighted by molar-refractivity contribution is 0.371. The van der Waals surface area contributed by atoms with Crippen LogP contribution in [0, 0.1) is 6.92 Å². The molecule has 0 spiro atoms. The first-order valence-electron chi connectivity index (χ1n) is 3.67. The second-order valence-electron chi connectivity index (χ2n) is 2.84. The summed E-state index contributed by atoms with van der Waals surface area (Å²) in [5.41, 5.74) is 1.66. The standard InChI is InChI=1S/C8H10BrO3P/c1-6-2-4-7(5-3-6)8(9)13(10,11)12/h2-5,8H,1H3,(H2,10,11,12). The summed E-state index contributed by atoms with van der Waals surface area (Å²) in [4.78, 5) is 17.7. The third-order valence-electron chi connectivity index (χ3n) is 1.65. The van der Waals surface area contributed by atoms with Crippen LogP contribution in [0.2, 0.25) is 0 Å². The first-order valence-corrected chi connectivity index (χ1v) is 6.27. The van der Waals surface area contributed by atoms with Gasteiger partial charge in [0, 0.05) is 0 Å². The average Bonchev–Trinajstić information content (AvgIpc) is 2.03. The van der Waals surface area contributed by atoms with E-state index in [2.05, 4.69) is 15.9 Å². The molecule has 0 amide bonds. The molecule has 5 heteroatoms. The predicted octanol–water partition coefficient (Wildman–Crippen LogP) is 2.57. The molecule has 0 heterocycles. The fourth-order valence-corrected chi connectivity index (χ4v) is 1.79. The van der Waals surface area contributed by atoms with E-state index < -0.39 is 12.2 Å². The summed E-state index contributed by atoms with van der Waals surface area (Å²) in [5.74, 6) is 0. The zero-order valence-corrected chi connectivity index (χ0v) is 9.50. The number of aryl methyl sites for hydroxylation is 1. The Morgan fingerprint density at radius 2 is 1.77 bits per heavy atom. The Morgan fingerprint density at radius 1 is 1.31 bits per heavy atom. The minimum atomic E-state index is -4.08. The van der Waals surface area contributed by atoms with Gasteiger partial charge in [-0.25, -0.2) is 0 Å². The number of halogens is 1. The molecule has 1 atom stereocenters. The highest BCUT2D eigenvalue weighted by atomic mass is 79.9. The van der Waals surface area contributed by atoms with Crippen molar-refractivity contribution in [2.45, 2.75) is 11.5 Å². The smallest absolute Gasteiger partial charge is 0.323 e. The zero-order chi connectivity index (χ0) is 10.1. The summed E-state index contributed by atoms with van der Waals surface area (Å²) in [7, 11) is -4.08. The Morgan fingerprint density at radius 3 is 2.15 bits per heavy atom. The van der Waals surface area contributed by atoms with E-state index in [-0.39, 0.29) is 0 Å². The largest absolute Gasteiger partial charge is 0.343 e. The Labute approximate surface area is 85.1 Å². The van der Waals surface area contributed by atoms with Gasteiger partial charge in [0.15, 0.2) is 0 Å². The molecule has 1 aromatic rings. The van der Waals surface area contributed by atoms with Crippen molar-refractivity contribution in [2.75, 3.05) is 0 Å². The van der Waals surface area contributed by atoms with Crippen molar-refractivity contribution in [1.82, 2.24) is 0 Å². The fourth-order valence-electron chi connectivity index (χ4n) is 0.919. The molecule has 0 bridgehead atoms. The minimum Gasteiger partial charge on any atom is -0.323 e. The molecular formula is C8H10BrO3P. The van der Waals surface area contributed by atoms with Gasteiger partial charge in [-0.1, -0.05) is 45.8 Å². The zero-order valence-electron chi connectivity index (χ0n) is 7.01. The molecule has 3 nitrogen and oxygen atoms in total. The van der Waals surface area contributed by atoms with Crippen molar-refractivity contribution < 1.29 is 14.4 Å². The maximum absolute atomic E-state index is 10.9. The van der Waals surface area contributed by atoms with Crippen molar-refractivity contribution in [3.63, 3.8) is 0 Å². The van der Waals surface area contributed by atoms with Crippen molar-refractivity contribution >= 4 is 23.5 Å². The normalized spacial score (nSPS) is 14.2. The molecule has 13 heavy (non-hydrogen) atoms. The van der Waals surface area contributed by atoms with E-state index in [0.717, 1.165) is 5.56 Å². The minimum absolute atomic E-state index is 0.596. The van der Waals surface area contributed by atoms with Crippen LogP contribution in [0.1, 0.15) is 15.7 Å². The van der Waals surface area contributed by atoms with Crippen LogP contribution in [0.15, 0.2) is 24.3 Å². The molecule has 0 aromatic heterocycles.